The summed E-state index contributed by atoms with van der Waals surface area (Å²) < 4.78 is 19.6. The van der Waals surface area contributed by atoms with E-state index in [1.54, 1.807) is 26.2 Å². The van der Waals surface area contributed by atoms with E-state index in [9.17, 15) is 9.18 Å². The van der Waals surface area contributed by atoms with Gasteiger partial charge in [-0.2, -0.15) is 0 Å². The molecule has 2 aromatic rings. The molecule has 0 aliphatic carbocycles. The standard InChI is InChI=1S/C18H20BrFN2O2/c1-11-4-6-14(9-16(11)20)22-18(23)10-21-12(2)13-5-7-17(24-3)15(19)8-13/h4-9,12,21H,10H2,1-3H3,(H,22,23)/p+1/t12-/m0/s1. The Hall–Kier alpha value is -1.92. The molecular formula is C18H21BrFN2O2+. The number of amides is 1. The first-order chi connectivity index (χ1) is 11.4. The van der Waals surface area contributed by atoms with Gasteiger partial charge in [0, 0.05) is 11.3 Å². The molecule has 128 valence electrons. The highest BCUT2D eigenvalue weighted by molar-refractivity contribution is 9.10. The number of halogens is 2. The van der Waals surface area contributed by atoms with Crippen molar-refractivity contribution in [3.63, 3.8) is 0 Å². The second kappa shape index (κ2) is 8.26. The minimum atomic E-state index is -0.326. The van der Waals surface area contributed by atoms with Gasteiger partial charge >= 0.3 is 0 Å². The zero-order valence-electron chi connectivity index (χ0n) is 13.9. The first-order valence-corrected chi connectivity index (χ1v) is 8.42. The number of hydrogen-bond acceptors (Lipinski definition) is 2. The number of quaternary nitrogens is 1. The van der Waals surface area contributed by atoms with Crippen LogP contribution in [0.25, 0.3) is 0 Å². The van der Waals surface area contributed by atoms with E-state index in [0.717, 1.165) is 15.8 Å². The Balaban J connectivity index is 1.90. The summed E-state index contributed by atoms with van der Waals surface area (Å²) in [4.78, 5) is 12.0. The van der Waals surface area contributed by atoms with Gasteiger partial charge in [-0.15, -0.1) is 0 Å². The van der Waals surface area contributed by atoms with E-state index in [1.165, 1.54) is 6.07 Å². The van der Waals surface area contributed by atoms with E-state index >= 15 is 0 Å². The Morgan fingerprint density at radius 1 is 1.33 bits per heavy atom. The summed E-state index contributed by atoms with van der Waals surface area (Å²) in [5, 5.41) is 4.63. The molecule has 0 aliphatic rings. The van der Waals surface area contributed by atoms with Crippen molar-refractivity contribution in [1.29, 1.82) is 0 Å². The first kappa shape index (κ1) is 18.4. The highest BCUT2D eigenvalue weighted by atomic mass is 79.9. The molecule has 0 radical (unpaired) electrons. The van der Waals surface area contributed by atoms with Crippen LogP contribution in [-0.2, 0) is 4.79 Å². The van der Waals surface area contributed by atoms with Crippen LogP contribution in [0, 0.1) is 12.7 Å². The van der Waals surface area contributed by atoms with Gasteiger partial charge in [-0.3, -0.25) is 4.79 Å². The van der Waals surface area contributed by atoms with Gasteiger partial charge < -0.3 is 15.4 Å². The average Bonchev–Trinajstić information content (AvgIpc) is 2.56. The summed E-state index contributed by atoms with van der Waals surface area (Å²) in [7, 11) is 1.62. The molecule has 1 amide bonds. The number of ether oxygens (including phenoxy) is 1. The van der Waals surface area contributed by atoms with Crippen LogP contribution in [0.3, 0.4) is 0 Å². The smallest absolute Gasteiger partial charge is 0.279 e. The number of anilines is 1. The van der Waals surface area contributed by atoms with Crippen molar-refractivity contribution in [3.8, 4) is 5.75 Å². The molecule has 2 rings (SSSR count). The number of carbonyl (C=O) groups is 1. The van der Waals surface area contributed by atoms with Crippen molar-refractivity contribution < 1.29 is 19.2 Å². The van der Waals surface area contributed by atoms with Crippen molar-refractivity contribution in [1.82, 2.24) is 0 Å². The molecule has 1 atom stereocenters. The molecule has 0 unspecified atom stereocenters. The van der Waals surface area contributed by atoms with Gasteiger partial charge in [-0.05, 0) is 65.7 Å². The molecule has 0 bridgehead atoms. The highest BCUT2D eigenvalue weighted by Crippen LogP contribution is 2.27. The van der Waals surface area contributed by atoms with Crippen LogP contribution >= 0.6 is 15.9 Å². The lowest BCUT2D eigenvalue weighted by molar-refractivity contribution is -0.682. The Labute approximate surface area is 149 Å². The predicted octanol–water partition coefficient (Wildman–Crippen LogP) is 3.17. The second-order valence-electron chi connectivity index (χ2n) is 5.63. The number of nitrogens with one attached hydrogen (secondary N) is 1. The molecule has 0 fully saturated rings. The fraction of sp³-hybridized carbons (Fsp3) is 0.278. The van der Waals surface area contributed by atoms with Crippen LogP contribution in [0.5, 0.6) is 5.75 Å². The Morgan fingerprint density at radius 3 is 2.71 bits per heavy atom. The Kier molecular flexibility index (Phi) is 6.34. The van der Waals surface area contributed by atoms with Gasteiger partial charge in [0.1, 0.15) is 17.6 Å². The number of nitrogens with two attached hydrogens (primary N) is 1. The summed E-state index contributed by atoms with van der Waals surface area (Å²) in [5.74, 6) is 0.274. The molecule has 0 saturated carbocycles. The third-order valence-electron chi connectivity index (χ3n) is 3.81. The molecule has 0 heterocycles. The third-order valence-corrected chi connectivity index (χ3v) is 4.43. The van der Waals surface area contributed by atoms with Crippen molar-refractivity contribution in [3.05, 3.63) is 57.8 Å². The largest absolute Gasteiger partial charge is 0.496 e. The van der Waals surface area contributed by atoms with Gasteiger partial charge in [0.25, 0.3) is 5.91 Å². The number of carbonyl (C=O) groups excluding carboxylic acids is 1. The summed E-state index contributed by atoms with van der Waals surface area (Å²) in [5.41, 5.74) is 2.10. The number of benzene rings is 2. The minimum absolute atomic E-state index is 0.104. The molecule has 0 aliphatic heterocycles. The van der Waals surface area contributed by atoms with Crippen LogP contribution in [0.4, 0.5) is 10.1 Å². The maximum Gasteiger partial charge on any atom is 0.279 e. The van der Waals surface area contributed by atoms with Crippen LogP contribution in [-0.4, -0.2) is 19.6 Å². The lowest BCUT2D eigenvalue weighted by Crippen LogP contribution is -2.86. The number of hydrogen-bond donors (Lipinski definition) is 2. The van der Waals surface area contributed by atoms with Crippen molar-refractivity contribution in [2.45, 2.75) is 19.9 Å². The number of aryl methyl sites for hydroxylation is 1. The molecule has 0 saturated heterocycles. The summed E-state index contributed by atoms with van der Waals surface area (Å²) in [6, 6.07) is 10.6. The monoisotopic (exact) mass is 395 g/mol. The molecule has 0 spiro atoms. The molecular weight excluding hydrogens is 375 g/mol. The maximum atomic E-state index is 13.5. The maximum absolute atomic E-state index is 13.5. The van der Waals surface area contributed by atoms with E-state index in [4.69, 9.17) is 4.74 Å². The van der Waals surface area contributed by atoms with E-state index in [1.807, 2.05) is 30.4 Å². The fourth-order valence-electron chi connectivity index (χ4n) is 2.27. The molecule has 0 aromatic heterocycles. The molecule has 24 heavy (non-hydrogen) atoms. The number of methoxy groups -OCH3 is 1. The molecule has 6 heteroatoms. The Morgan fingerprint density at radius 2 is 2.08 bits per heavy atom. The zero-order chi connectivity index (χ0) is 17.7. The summed E-state index contributed by atoms with van der Waals surface area (Å²) >= 11 is 3.46. The normalized spacial score (nSPS) is 11.9. The quantitative estimate of drug-likeness (QED) is 0.788. The SMILES string of the molecule is COc1ccc([C@H](C)[NH2+]CC(=O)Nc2ccc(C)c(F)c2)cc1Br. The van der Waals surface area contributed by atoms with E-state index < -0.39 is 0 Å². The van der Waals surface area contributed by atoms with Crippen LogP contribution in [0.15, 0.2) is 40.9 Å². The fourth-order valence-corrected chi connectivity index (χ4v) is 2.83. The van der Waals surface area contributed by atoms with Gasteiger partial charge in [0.2, 0.25) is 0 Å². The predicted molar refractivity (Wildman–Crippen MR) is 95.7 cm³/mol. The molecule has 2 aromatic carbocycles. The summed E-state index contributed by atoms with van der Waals surface area (Å²) in [6.07, 6.45) is 0. The Bertz CT molecular complexity index is 737. The van der Waals surface area contributed by atoms with Crippen LogP contribution in [0.1, 0.15) is 24.1 Å². The number of rotatable bonds is 6. The van der Waals surface area contributed by atoms with Crippen molar-refractivity contribution >= 4 is 27.5 Å². The lowest BCUT2D eigenvalue weighted by atomic mass is 10.1. The zero-order valence-corrected chi connectivity index (χ0v) is 15.5. The average molecular weight is 396 g/mol. The highest BCUT2D eigenvalue weighted by Gasteiger charge is 2.13. The van der Waals surface area contributed by atoms with Gasteiger partial charge in [-0.1, -0.05) is 6.07 Å². The van der Waals surface area contributed by atoms with Crippen LogP contribution < -0.4 is 15.4 Å². The van der Waals surface area contributed by atoms with Crippen LogP contribution in [0.2, 0.25) is 0 Å². The molecule has 4 nitrogen and oxygen atoms in total. The minimum Gasteiger partial charge on any atom is -0.496 e. The van der Waals surface area contributed by atoms with E-state index in [2.05, 4.69) is 21.2 Å². The van der Waals surface area contributed by atoms with E-state index in [0.29, 0.717) is 11.3 Å². The molecule has 3 N–H and O–H groups in total. The topological polar surface area (TPSA) is 54.9 Å². The van der Waals surface area contributed by atoms with Gasteiger partial charge in [0.05, 0.1) is 11.6 Å². The second-order valence-corrected chi connectivity index (χ2v) is 6.49. The van der Waals surface area contributed by atoms with Gasteiger partial charge in [0.15, 0.2) is 6.54 Å². The van der Waals surface area contributed by atoms with Gasteiger partial charge in [-0.25, -0.2) is 4.39 Å². The summed E-state index contributed by atoms with van der Waals surface area (Å²) in [6.45, 7) is 3.96. The third kappa shape index (κ3) is 4.79. The van der Waals surface area contributed by atoms with E-state index in [-0.39, 0.29) is 24.3 Å². The van der Waals surface area contributed by atoms with Crippen molar-refractivity contribution in [2.24, 2.45) is 0 Å². The first-order valence-electron chi connectivity index (χ1n) is 7.63. The van der Waals surface area contributed by atoms with Crippen molar-refractivity contribution in [2.75, 3.05) is 19.0 Å². The lowest BCUT2D eigenvalue weighted by Gasteiger charge is -2.13.